The quantitative estimate of drug-likeness (QED) is 0.799. The van der Waals surface area contributed by atoms with Gasteiger partial charge >= 0.3 is 0 Å². The fourth-order valence-electron chi connectivity index (χ4n) is 3.55. The summed E-state index contributed by atoms with van der Waals surface area (Å²) in [5.41, 5.74) is 3.13. The number of amides is 1. The van der Waals surface area contributed by atoms with Gasteiger partial charge in [-0.25, -0.2) is 0 Å². The van der Waals surface area contributed by atoms with Crippen LogP contribution >= 0.6 is 11.3 Å². The van der Waals surface area contributed by atoms with E-state index in [2.05, 4.69) is 37.4 Å². The first kappa shape index (κ1) is 17.6. The third-order valence-corrected chi connectivity index (χ3v) is 6.19. The van der Waals surface area contributed by atoms with Crippen molar-refractivity contribution in [1.29, 1.82) is 5.26 Å². The van der Waals surface area contributed by atoms with Gasteiger partial charge in [0.2, 0.25) is 6.54 Å². The van der Waals surface area contributed by atoms with E-state index in [0.29, 0.717) is 16.5 Å². The molecule has 1 N–H and O–H groups in total. The van der Waals surface area contributed by atoms with Crippen molar-refractivity contribution in [1.82, 2.24) is 0 Å². The Morgan fingerprint density at radius 3 is 2.68 bits per heavy atom. The van der Waals surface area contributed by atoms with Gasteiger partial charge in [-0.15, -0.1) is 11.3 Å². The van der Waals surface area contributed by atoms with E-state index in [-0.39, 0.29) is 12.5 Å². The summed E-state index contributed by atoms with van der Waals surface area (Å²) in [5.74, 6) is 0.492. The Labute approximate surface area is 153 Å². The van der Waals surface area contributed by atoms with Crippen LogP contribution in [0.15, 0.2) is 24.5 Å². The van der Waals surface area contributed by atoms with Gasteiger partial charge in [-0.1, -0.05) is 13.8 Å². The van der Waals surface area contributed by atoms with Crippen molar-refractivity contribution in [2.75, 3.05) is 5.32 Å². The molecular formula is C20H24N3OS+. The molecule has 4 nitrogen and oxygen atoms in total. The van der Waals surface area contributed by atoms with Crippen LogP contribution in [-0.4, -0.2) is 5.91 Å². The molecule has 1 amide bonds. The minimum atomic E-state index is -0.0864. The number of nitrogens with zero attached hydrogens (tertiary/aromatic N) is 2. The number of hydrogen-bond donors (Lipinski definition) is 1. The maximum atomic E-state index is 12.4. The number of aromatic nitrogens is 1. The number of aryl methyl sites for hydroxylation is 1. The van der Waals surface area contributed by atoms with Crippen LogP contribution < -0.4 is 9.88 Å². The lowest BCUT2D eigenvalue weighted by Gasteiger charge is -2.11. The molecule has 2 aromatic rings. The molecule has 0 radical (unpaired) electrons. The number of thiophene rings is 1. The second kappa shape index (κ2) is 7.79. The SMILES string of the molecule is CCC(CC)c1cc[n+](CC(=O)Nc2sc3c(c2C#N)CCC3)cc1. The number of pyridine rings is 1. The zero-order valence-corrected chi connectivity index (χ0v) is 15.7. The molecule has 2 aromatic heterocycles. The number of carbonyl (C=O) groups is 1. The van der Waals surface area contributed by atoms with Crippen LogP contribution in [0.2, 0.25) is 0 Å². The highest BCUT2D eigenvalue weighted by Crippen LogP contribution is 2.38. The summed E-state index contributed by atoms with van der Waals surface area (Å²) >= 11 is 1.56. The molecule has 0 saturated heterocycles. The minimum absolute atomic E-state index is 0.0864. The zero-order valence-electron chi connectivity index (χ0n) is 14.8. The van der Waals surface area contributed by atoms with Gasteiger partial charge in [0.25, 0.3) is 5.91 Å². The Balaban J connectivity index is 1.66. The second-order valence-corrected chi connectivity index (χ2v) is 7.64. The Morgan fingerprint density at radius 2 is 2.04 bits per heavy atom. The van der Waals surface area contributed by atoms with E-state index < -0.39 is 0 Å². The first-order valence-electron chi connectivity index (χ1n) is 8.99. The minimum Gasteiger partial charge on any atom is -0.311 e. The topological polar surface area (TPSA) is 56.8 Å². The molecule has 25 heavy (non-hydrogen) atoms. The Hall–Kier alpha value is -2.19. The van der Waals surface area contributed by atoms with Crippen LogP contribution in [0.1, 0.15) is 60.6 Å². The van der Waals surface area contributed by atoms with Crippen LogP contribution in [-0.2, 0) is 24.2 Å². The molecule has 0 unspecified atom stereocenters. The van der Waals surface area contributed by atoms with Gasteiger partial charge in [0.1, 0.15) is 11.1 Å². The Bertz CT molecular complexity index is 798. The van der Waals surface area contributed by atoms with Crippen LogP contribution in [0.25, 0.3) is 0 Å². The van der Waals surface area contributed by atoms with E-state index in [1.165, 1.54) is 10.4 Å². The maximum absolute atomic E-state index is 12.4. The summed E-state index contributed by atoms with van der Waals surface area (Å²) in [5, 5.41) is 13.1. The Kier molecular flexibility index (Phi) is 5.50. The van der Waals surface area contributed by atoms with E-state index in [1.807, 2.05) is 17.0 Å². The molecule has 5 heteroatoms. The third kappa shape index (κ3) is 3.74. The largest absolute Gasteiger partial charge is 0.311 e. The molecule has 3 rings (SSSR count). The molecule has 130 valence electrons. The van der Waals surface area contributed by atoms with Gasteiger partial charge in [0.05, 0.1) is 5.56 Å². The number of fused-ring (bicyclic) bond motifs is 1. The molecule has 0 aliphatic heterocycles. The first-order valence-corrected chi connectivity index (χ1v) is 9.81. The van der Waals surface area contributed by atoms with Crippen LogP contribution in [0.3, 0.4) is 0 Å². The van der Waals surface area contributed by atoms with Crippen molar-refractivity contribution < 1.29 is 9.36 Å². The van der Waals surface area contributed by atoms with E-state index in [9.17, 15) is 10.1 Å². The number of hydrogen-bond acceptors (Lipinski definition) is 3. The van der Waals surface area contributed by atoms with E-state index in [1.54, 1.807) is 11.3 Å². The van der Waals surface area contributed by atoms with Gasteiger partial charge in [0, 0.05) is 17.0 Å². The average Bonchev–Trinajstić information content (AvgIpc) is 3.18. The maximum Gasteiger partial charge on any atom is 0.290 e. The van der Waals surface area contributed by atoms with Gasteiger partial charge in [0.15, 0.2) is 12.4 Å². The summed E-state index contributed by atoms with van der Waals surface area (Å²) in [7, 11) is 0. The standard InChI is InChI=1S/C20H23N3OS/c1-3-14(4-2)15-8-10-23(11-9-15)13-19(24)22-20-17(12-21)16-6-5-7-18(16)25-20/h8-11,14H,3-7,13H2,1-2H3/p+1. The van der Waals surface area contributed by atoms with Crippen molar-refractivity contribution in [2.45, 2.75) is 58.4 Å². The first-order chi connectivity index (χ1) is 12.2. The zero-order chi connectivity index (χ0) is 17.8. The fraction of sp³-hybridized carbons (Fsp3) is 0.450. The number of nitriles is 1. The van der Waals surface area contributed by atoms with E-state index >= 15 is 0 Å². The summed E-state index contributed by atoms with van der Waals surface area (Å²) in [4.78, 5) is 13.6. The van der Waals surface area contributed by atoms with Crippen molar-refractivity contribution in [3.8, 4) is 6.07 Å². The molecule has 1 aliphatic rings. The van der Waals surface area contributed by atoms with Gasteiger partial charge in [-0.3, -0.25) is 4.79 Å². The average molecular weight is 354 g/mol. The fourth-order valence-corrected chi connectivity index (χ4v) is 4.81. The summed E-state index contributed by atoms with van der Waals surface area (Å²) in [6.07, 6.45) is 9.28. The lowest BCUT2D eigenvalue weighted by Crippen LogP contribution is -2.39. The highest BCUT2D eigenvalue weighted by atomic mass is 32.1. The molecule has 0 fully saturated rings. The smallest absolute Gasteiger partial charge is 0.290 e. The van der Waals surface area contributed by atoms with Crippen molar-refractivity contribution in [2.24, 2.45) is 0 Å². The van der Waals surface area contributed by atoms with Crippen molar-refractivity contribution in [3.05, 3.63) is 46.1 Å². The van der Waals surface area contributed by atoms with E-state index in [4.69, 9.17) is 0 Å². The monoisotopic (exact) mass is 354 g/mol. The van der Waals surface area contributed by atoms with E-state index in [0.717, 1.165) is 37.7 Å². The second-order valence-electron chi connectivity index (χ2n) is 6.54. The predicted molar refractivity (Wildman–Crippen MR) is 99.6 cm³/mol. The number of carbonyl (C=O) groups excluding carboxylic acids is 1. The lowest BCUT2D eigenvalue weighted by atomic mass is 9.95. The molecule has 0 saturated carbocycles. The highest BCUT2D eigenvalue weighted by molar-refractivity contribution is 7.16. The molecule has 0 atom stereocenters. The van der Waals surface area contributed by atoms with Crippen molar-refractivity contribution >= 4 is 22.2 Å². The van der Waals surface area contributed by atoms with Gasteiger partial charge < -0.3 is 5.32 Å². The Morgan fingerprint density at radius 1 is 1.32 bits per heavy atom. The van der Waals surface area contributed by atoms with Crippen molar-refractivity contribution in [3.63, 3.8) is 0 Å². The highest BCUT2D eigenvalue weighted by Gasteiger charge is 2.23. The summed E-state index contributed by atoms with van der Waals surface area (Å²) < 4.78 is 1.88. The van der Waals surface area contributed by atoms with Crippen LogP contribution in [0.4, 0.5) is 5.00 Å². The number of nitrogens with one attached hydrogen (secondary N) is 1. The molecule has 1 aliphatic carbocycles. The molecule has 2 heterocycles. The number of rotatable bonds is 6. The number of anilines is 1. The predicted octanol–water partition coefficient (Wildman–Crippen LogP) is 3.94. The normalized spacial score (nSPS) is 12.9. The molecule has 0 bridgehead atoms. The van der Waals surface area contributed by atoms with Crippen LogP contribution in [0.5, 0.6) is 0 Å². The molecular weight excluding hydrogens is 330 g/mol. The molecule has 0 aromatic carbocycles. The van der Waals surface area contributed by atoms with Gasteiger partial charge in [-0.05, 0) is 49.1 Å². The summed E-state index contributed by atoms with van der Waals surface area (Å²) in [6, 6.07) is 6.47. The third-order valence-electron chi connectivity index (χ3n) is 4.99. The summed E-state index contributed by atoms with van der Waals surface area (Å²) in [6.45, 7) is 4.66. The lowest BCUT2D eigenvalue weighted by molar-refractivity contribution is -0.684. The van der Waals surface area contributed by atoms with Gasteiger partial charge in [-0.2, -0.15) is 9.83 Å². The van der Waals surface area contributed by atoms with Crippen LogP contribution in [0, 0.1) is 11.3 Å². The molecule has 0 spiro atoms.